The minimum Gasteiger partial charge on any atom is -0.397 e. The lowest BCUT2D eigenvalue weighted by Gasteiger charge is -2.14. The van der Waals surface area contributed by atoms with Gasteiger partial charge in [0.15, 0.2) is 0 Å². The van der Waals surface area contributed by atoms with Gasteiger partial charge in [-0.25, -0.2) is 4.98 Å². The molecule has 1 fully saturated rings. The number of amides is 1. The standard InChI is InChI=1S/C12H14N4OS/c13-7-3-5-16(6-7)12(17)10-9(14)8-2-1-4-15-11(8)18-10/h1-2,4,7H,3,5-6,13-14H2. The fourth-order valence-electron chi connectivity index (χ4n) is 2.23. The van der Waals surface area contributed by atoms with Gasteiger partial charge in [-0.3, -0.25) is 4.79 Å². The van der Waals surface area contributed by atoms with Gasteiger partial charge in [0.05, 0.1) is 5.69 Å². The topological polar surface area (TPSA) is 85.2 Å². The molecule has 2 aromatic rings. The van der Waals surface area contributed by atoms with Gasteiger partial charge in [-0.2, -0.15) is 0 Å². The minimum absolute atomic E-state index is 0.0246. The summed E-state index contributed by atoms with van der Waals surface area (Å²) in [5.74, 6) is -0.0246. The maximum absolute atomic E-state index is 12.4. The molecule has 1 saturated heterocycles. The zero-order chi connectivity index (χ0) is 12.7. The van der Waals surface area contributed by atoms with Crippen LogP contribution in [0.4, 0.5) is 5.69 Å². The number of hydrogen-bond acceptors (Lipinski definition) is 5. The number of nitrogen functional groups attached to an aromatic ring is 1. The second kappa shape index (κ2) is 4.22. The Kier molecular flexibility index (Phi) is 2.68. The first-order valence-electron chi connectivity index (χ1n) is 5.84. The maximum atomic E-state index is 12.4. The van der Waals surface area contributed by atoms with E-state index in [0.29, 0.717) is 23.7 Å². The molecular weight excluding hydrogens is 248 g/mol. The number of aromatic nitrogens is 1. The number of hydrogen-bond donors (Lipinski definition) is 2. The van der Waals surface area contributed by atoms with Crippen LogP contribution in [0.2, 0.25) is 0 Å². The van der Waals surface area contributed by atoms with Crippen molar-refractivity contribution >= 4 is 33.1 Å². The third-order valence-corrected chi connectivity index (χ3v) is 4.33. The van der Waals surface area contributed by atoms with Crippen molar-refractivity contribution in [1.29, 1.82) is 0 Å². The lowest BCUT2D eigenvalue weighted by Crippen LogP contribution is -2.31. The van der Waals surface area contributed by atoms with E-state index in [1.165, 1.54) is 11.3 Å². The highest BCUT2D eigenvalue weighted by Crippen LogP contribution is 2.33. The highest BCUT2D eigenvalue weighted by atomic mass is 32.1. The molecule has 94 valence electrons. The van der Waals surface area contributed by atoms with Gasteiger partial charge in [-0.1, -0.05) is 0 Å². The van der Waals surface area contributed by atoms with Gasteiger partial charge in [0.2, 0.25) is 0 Å². The average molecular weight is 262 g/mol. The first kappa shape index (κ1) is 11.4. The number of anilines is 1. The fraction of sp³-hybridized carbons (Fsp3) is 0.333. The molecule has 5 nitrogen and oxygen atoms in total. The van der Waals surface area contributed by atoms with E-state index in [0.717, 1.165) is 16.6 Å². The summed E-state index contributed by atoms with van der Waals surface area (Å²) in [5, 5.41) is 0.856. The Labute approximate surface area is 108 Å². The third kappa shape index (κ3) is 1.74. The molecule has 0 bridgehead atoms. The van der Waals surface area contributed by atoms with Crippen LogP contribution in [-0.4, -0.2) is 34.9 Å². The first-order valence-corrected chi connectivity index (χ1v) is 6.66. The number of rotatable bonds is 1. The van der Waals surface area contributed by atoms with Crippen LogP contribution < -0.4 is 11.5 Å². The number of nitrogens with zero attached hydrogens (tertiary/aromatic N) is 2. The summed E-state index contributed by atoms with van der Waals surface area (Å²) in [4.78, 5) is 19.7. The summed E-state index contributed by atoms with van der Waals surface area (Å²) in [5.41, 5.74) is 12.4. The third-order valence-electron chi connectivity index (χ3n) is 3.21. The van der Waals surface area contributed by atoms with Crippen molar-refractivity contribution < 1.29 is 4.79 Å². The number of pyridine rings is 1. The molecule has 3 heterocycles. The zero-order valence-electron chi connectivity index (χ0n) is 9.80. The molecule has 1 atom stereocenters. The summed E-state index contributed by atoms with van der Waals surface area (Å²) < 4.78 is 0. The average Bonchev–Trinajstić information content (AvgIpc) is 2.94. The Balaban J connectivity index is 1.99. The van der Waals surface area contributed by atoms with Crippen molar-refractivity contribution in [1.82, 2.24) is 9.88 Å². The van der Waals surface area contributed by atoms with Crippen LogP contribution in [0.15, 0.2) is 18.3 Å². The van der Waals surface area contributed by atoms with Crippen molar-refractivity contribution in [3.8, 4) is 0 Å². The van der Waals surface area contributed by atoms with Gasteiger partial charge in [0, 0.05) is 30.7 Å². The van der Waals surface area contributed by atoms with E-state index >= 15 is 0 Å². The molecule has 0 aromatic carbocycles. The number of fused-ring (bicyclic) bond motifs is 1. The number of carbonyl (C=O) groups is 1. The Bertz CT molecular complexity index is 609. The molecule has 6 heteroatoms. The fourth-order valence-corrected chi connectivity index (χ4v) is 3.26. The minimum atomic E-state index is -0.0246. The van der Waals surface area contributed by atoms with Crippen LogP contribution in [0.1, 0.15) is 16.1 Å². The van der Waals surface area contributed by atoms with Gasteiger partial charge >= 0.3 is 0 Å². The van der Waals surface area contributed by atoms with Gasteiger partial charge in [-0.05, 0) is 18.6 Å². The van der Waals surface area contributed by atoms with E-state index in [9.17, 15) is 4.79 Å². The first-order chi connectivity index (χ1) is 8.66. The maximum Gasteiger partial charge on any atom is 0.266 e. The predicted octanol–water partition coefficient (Wildman–Crippen LogP) is 1.05. The Morgan fingerprint density at radius 3 is 3.06 bits per heavy atom. The van der Waals surface area contributed by atoms with E-state index in [2.05, 4.69) is 4.98 Å². The monoisotopic (exact) mass is 262 g/mol. The highest BCUT2D eigenvalue weighted by Gasteiger charge is 2.27. The van der Waals surface area contributed by atoms with Crippen LogP contribution in [0, 0.1) is 0 Å². The van der Waals surface area contributed by atoms with Gasteiger partial charge in [0.1, 0.15) is 9.71 Å². The predicted molar refractivity (Wildman–Crippen MR) is 72.5 cm³/mol. The van der Waals surface area contributed by atoms with Gasteiger partial charge in [0.25, 0.3) is 5.91 Å². The molecular formula is C12H14N4OS. The number of nitrogens with two attached hydrogens (primary N) is 2. The summed E-state index contributed by atoms with van der Waals surface area (Å²) in [6.45, 7) is 1.32. The van der Waals surface area contributed by atoms with Gasteiger partial charge < -0.3 is 16.4 Å². The zero-order valence-corrected chi connectivity index (χ0v) is 10.6. The molecule has 18 heavy (non-hydrogen) atoms. The smallest absolute Gasteiger partial charge is 0.266 e. The summed E-state index contributed by atoms with van der Waals surface area (Å²) in [7, 11) is 0. The molecule has 1 aliphatic heterocycles. The van der Waals surface area contributed by atoms with E-state index in [1.807, 2.05) is 12.1 Å². The molecule has 0 radical (unpaired) electrons. The SMILES string of the molecule is Nc1c(C(=O)N2CCC(N)C2)sc2ncccc12. The van der Waals surface area contributed by atoms with Gasteiger partial charge in [-0.15, -0.1) is 11.3 Å². The summed E-state index contributed by atoms with van der Waals surface area (Å²) >= 11 is 1.35. The highest BCUT2D eigenvalue weighted by molar-refractivity contribution is 7.21. The van der Waals surface area contributed by atoms with Crippen LogP contribution in [0.25, 0.3) is 10.2 Å². The van der Waals surface area contributed by atoms with Crippen molar-refractivity contribution in [2.75, 3.05) is 18.8 Å². The number of thiophene rings is 1. The molecule has 0 saturated carbocycles. The number of carbonyl (C=O) groups excluding carboxylic acids is 1. The molecule has 4 N–H and O–H groups in total. The van der Waals surface area contributed by atoms with Crippen molar-refractivity contribution in [3.63, 3.8) is 0 Å². The Morgan fingerprint density at radius 1 is 1.56 bits per heavy atom. The Hall–Kier alpha value is -1.66. The van der Waals surface area contributed by atoms with Crippen molar-refractivity contribution in [2.45, 2.75) is 12.5 Å². The number of likely N-dealkylation sites (tertiary alicyclic amines) is 1. The van der Waals surface area contributed by atoms with E-state index in [4.69, 9.17) is 11.5 Å². The van der Waals surface area contributed by atoms with Crippen molar-refractivity contribution in [3.05, 3.63) is 23.2 Å². The molecule has 1 amide bonds. The molecule has 3 rings (SSSR count). The quantitative estimate of drug-likeness (QED) is 0.804. The van der Waals surface area contributed by atoms with Crippen LogP contribution in [0.3, 0.4) is 0 Å². The lowest BCUT2D eigenvalue weighted by atomic mass is 10.2. The summed E-state index contributed by atoms with van der Waals surface area (Å²) in [6, 6.07) is 3.80. The summed E-state index contributed by atoms with van der Waals surface area (Å²) in [6.07, 6.45) is 2.56. The molecule has 0 aliphatic carbocycles. The van der Waals surface area contributed by atoms with E-state index in [-0.39, 0.29) is 11.9 Å². The lowest BCUT2D eigenvalue weighted by molar-refractivity contribution is 0.0796. The Morgan fingerprint density at radius 2 is 2.39 bits per heavy atom. The van der Waals surface area contributed by atoms with E-state index in [1.54, 1.807) is 11.1 Å². The normalized spacial score (nSPS) is 19.6. The largest absolute Gasteiger partial charge is 0.397 e. The second-order valence-corrected chi connectivity index (χ2v) is 5.50. The van der Waals surface area contributed by atoms with Crippen LogP contribution >= 0.6 is 11.3 Å². The molecule has 1 unspecified atom stereocenters. The van der Waals surface area contributed by atoms with Crippen LogP contribution in [-0.2, 0) is 0 Å². The van der Waals surface area contributed by atoms with Crippen LogP contribution in [0.5, 0.6) is 0 Å². The van der Waals surface area contributed by atoms with E-state index < -0.39 is 0 Å². The molecule has 1 aliphatic rings. The second-order valence-electron chi connectivity index (χ2n) is 4.50. The molecule has 2 aromatic heterocycles. The molecule has 0 spiro atoms. The van der Waals surface area contributed by atoms with Crippen molar-refractivity contribution in [2.24, 2.45) is 5.73 Å².